The maximum atomic E-state index is 12.2. The summed E-state index contributed by atoms with van der Waals surface area (Å²) in [7, 11) is 0. The standard InChI is InChI=1S/C15H20O3S/c1-11(16)18-14(13(17)10-15(2,3)4)19-12-8-6-5-7-9-12/h5-9,14H,10H2,1-4H3. The third-order valence-corrected chi connectivity index (χ3v) is 3.34. The van der Waals surface area contributed by atoms with Crippen molar-refractivity contribution in [2.75, 3.05) is 0 Å². The Hall–Kier alpha value is -1.29. The molecular weight excluding hydrogens is 260 g/mol. The van der Waals surface area contributed by atoms with Crippen molar-refractivity contribution in [1.29, 1.82) is 0 Å². The van der Waals surface area contributed by atoms with Gasteiger partial charge in [-0.2, -0.15) is 0 Å². The van der Waals surface area contributed by atoms with Crippen LogP contribution >= 0.6 is 11.8 Å². The van der Waals surface area contributed by atoms with Gasteiger partial charge in [0.2, 0.25) is 5.44 Å². The third-order valence-electron chi connectivity index (χ3n) is 2.23. The maximum absolute atomic E-state index is 12.2. The third kappa shape index (κ3) is 6.43. The van der Waals surface area contributed by atoms with E-state index in [4.69, 9.17) is 4.74 Å². The van der Waals surface area contributed by atoms with Crippen molar-refractivity contribution in [3.8, 4) is 0 Å². The van der Waals surface area contributed by atoms with E-state index in [1.807, 2.05) is 51.1 Å². The summed E-state index contributed by atoms with van der Waals surface area (Å²) in [5.41, 5.74) is -0.883. The highest BCUT2D eigenvalue weighted by Crippen LogP contribution is 2.29. The lowest BCUT2D eigenvalue weighted by Gasteiger charge is -2.21. The summed E-state index contributed by atoms with van der Waals surface area (Å²) in [5.74, 6) is -0.493. The number of carbonyl (C=O) groups is 2. The zero-order valence-electron chi connectivity index (χ0n) is 11.8. The van der Waals surface area contributed by atoms with Gasteiger partial charge in [-0.1, -0.05) is 50.7 Å². The summed E-state index contributed by atoms with van der Waals surface area (Å²) in [5, 5.41) is 0. The van der Waals surface area contributed by atoms with Crippen LogP contribution in [0.2, 0.25) is 0 Å². The first-order valence-corrected chi connectivity index (χ1v) is 7.07. The molecule has 0 radical (unpaired) electrons. The van der Waals surface area contributed by atoms with Crippen LogP contribution in [0.1, 0.15) is 34.1 Å². The Labute approximate surface area is 118 Å². The summed E-state index contributed by atoms with van der Waals surface area (Å²) < 4.78 is 5.14. The summed E-state index contributed by atoms with van der Waals surface area (Å²) in [4.78, 5) is 24.2. The number of Topliss-reactive ketones (excluding diaryl/α,β-unsaturated/α-hetero) is 1. The van der Waals surface area contributed by atoms with E-state index in [0.29, 0.717) is 6.42 Å². The van der Waals surface area contributed by atoms with Crippen LogP contribution < -0.4 is 0 Å². The van der Waals surface area contributed by atoms with E-state index in [0.717, 1.165) is 4.90 Å². The second kappa shape index (κ2) is 6.75. The Kier molecular flexibility index (Phi) is 5.60. The number of rotatable bonds is 5. The van der Waals surface area contributed by atoms with Gasteiger partial charge in [-0.25, -0.2) is 0 Å². The molecule has 4 heteroatoms. The predicted octanol–water partition coefficient (Wildman–Crippen LogP) is 3.67. The van der Waals surface area contributed by atoms with Crippen molar-refractivity contribution in [2.45, 2.75) is 44.4 Å². The zero-order valence-corrected chi connectivity index (χ0v) is 12.6. The van der Waals surface area contributed by atoms with Crippen LogP contribution in [-0.2, 0) is 14.3 Å². The zero-order chi connectivity index (χ0) is 14.5. The number of carbonyl (C=O) groups excluding carboxylic acids is 2. The molecule has 0 aliphatic rings. The lowest BCUT2D eigenvalue weighted by atomic mass is 9.90. The van der Waals surface area contributed by atoms with Crippen molar-refractivity contribution >= 4 is 23.5 Å². The van der Waals surface area contributed by atoms with E-state index in [-0.39, 0.29) is 11.2 Å². The van der Waals surface area contributed by atoms with E-state index in [2.05, 4.69) is 0 Å². The van der Waals surface area contributed by atoms with Gasteiger partial charge in [0.15, 0.2) is 5.78 Å². The molecule has 3 nitrogen and oxygen atoms in total. The molecule has 104 valence electrons. The lowest BCUT2D eigenvalue weighted by Crippen LogP contribution is -2.27. The van der Waals surface area contributed by atoms with E-state index < -0.39 is 11.4 Å². The molecule has 0 amide bonds. The van der Waals surface area contributed by atoms with Crippen molar-refractivity contribution in [2.24, 2.45) is 5.41 Å². The molecule has 1 aromatic carbocycles. The number of thioether (sulfide) groups is 1. The quantitative estimate of drug-likeness (QED) is 0.469. The Bertz CT molecular complexity index is 434. The fraction of sp³-hybridized carbons (Fsp3) is 0.467. The second-order valence-corrected chi connectivity index (χ2v) is 6.71. The lowest BCUT2D eigenvalue weighted by molar-refractivity contribution is -0.148. The molecule has 1 atom stereocenters. The van der Waals surface area contributed by atoms with Gasteiger partial charge in [0.05, 0.1) is 0 Å². The van der Waals surface area contributed by atoms with Gasteiger partial charge in [0.1, 0.15) is 0 Å². The largest absolute Gasteiger partial charge is 0.443 e. The molecule has 0 fully saturated rings. The summed E-state index contributed by atoms with van der Waals surface area (Å²) in [6.07, 6.45) is 0.380. The number of ketones is 1. The minimum Gasteiger partial charge on any atom is -0.443 e. The van der Waals surface area contributed by atoms with Crippen LogP contribution in [0.5, 0.6) is 0 Å². The van der Waals surface area contributed by atoms with E-state index in [1.54, 1.807) is 0 Å². The summed E-state index contributed by atoms with van der Waals surface area (Å²) >= 11 is 1.27. The SMILES string of the molecule is CC(=O)OC(Sc1ccccc1)C(=O)CC(C)(C)C. The Morgan fingerprint density at radius 1 is 1.21 bits per heavy atom. The fourth-order valence-electron chi connectivity index (χ4n) is 1.53. The fourth-order valence-corrected chi connectivity index (χ4v) is 2.49. The average molecular weight is 280 g/mol. The second-order valence-electron chi connectivity index (χ2n) is 5.58. The van der Waals surface area contributed by atoms with E-state index in [1.165, 1.54) is 18.7 Å². The Morgan fingerprint density at radius 3 is 2.26 bits per heavy atom. The van der Waals surface area contributed by atoms with Crippen LogP contribution in [-0.4, -0.2) is 17.2 Å². The molecule has 0 bridgehead atoms. The van der Waals surface area contributed by atoms with Gasteiger partial charge < -0.3 is 4.74 Å². The molecule has 1 unspecified atom stereocenters. The van der Waals surface area contributed by atoms with Gasteiger partial charge in [-0.3, -0.25) is 9.59 Å². The normalized spacial score (nSPS) is 12.8. The van der Waals surface area contributed by atoms with Crippen LogP contribution in [0.15, 0.2) is 35.2 Å². The number of hydrogen-bond acceptors (Lipinski definition) is 4. The number of benzene rings is 1. The van der Waals surface area contributed by atoms with Crippen molar-refractivity contribution in [3.63, 3.8) is 0 Å². The molecule has 0 N–H and O–H groups in total. The number of ether oxygens (including phenoxy) is 1. The minimum atomic E-state index is -0.765. The molecule has 0 aliphatic carbocycles. The highest BCUT2D eigenvalue weighted by Gasteiger charge is 2.27. The topological polar surface area (TPSA) is 43.4 Å². The Balaban J connectivity index is 2.77. The van der Waals surface area contributed by atoms with Gasteiger partial charge in [-0.15, -0.1) is 0 Å². The maximum Gasteiger partial charge on any atom is 0.304 e. The molecule has 1 rings (SSSR count). The van der Waals surface area contributed by atoms with Crippen molar-refractivity contribution < 1.29 is 14.3 Å². The van der Waals surface area contributed by atoms with Crippen molar-refractivity contribution in [3.05, 3.63) is 30.3 Å². The summed E-state index contributed by atoms with van der Waals surface area (Å²) in [6, 6.07) is 9.47. The van der Waals surface area contributed by atoms with Crippen LogP contribution in [0.4, 0.5) is 0 Å². The van der Waals surface area contributed by atoms with Gasteiger partial charge in [0.25, 0.3) is 0 Å². The molecule has 0 spiro atoms. The Morgan fingerprint density at radius 2 is 1.79 bits per heavy atom. The molecule has 0 heterocycles. The van der Waals surface area contributed by atoms with Gasteiger partial charge >= 0.3 is 5.97 Å². The molecule has 0 saturated carbocycles. The molecule has 0 aliphatic heterocycles. The van der Waals surface area contributed by atoms with E-state index >= 15 is 0 Å². The smallest absolute Gasteiger partial charge is 0.304 e. The van der Waals surface area contributed by atoms with Crippen molar-refractivity contribution in [1.82, 2.24) is 0 Å². The average Bonchev–Trinajstić information content (AvgIpc) is 2.26. The van der Waals surface area contributed by atoms with Crippen LogP contribution in [0, 0.1) is 5.41 Å². The monoisotopic (exact) mass is 280 g/mol. The van der Waals surface area contributed by atoms with Crippen LogP contribution in [0.25, 0.3) is 0 Å². The minimum absolute atomic E-state index is 0.0587. The molecule has 0 aromatic heterocycles. The summed E-state index contributed by atoms with van der Waals surface area (Å²) in [6.45, 7) is 7.29. The van der Waals surface area contributed by atoms with E-state index in [9.17, 15) is 9.59 Å². The molecular formula is C15H20O3S. The molecule has 0 saturated heterocycles. The first-order valence-electron chi connectivity index (χ1n) is 6.19. The highest BCUT2D eigenvalue weighted by atomic mass is 32.2. The number of hydrogen-bond donors (Lipinski definition) is 0. The first kappa shape index (κ1) is 15.8. The van der Waals surface area contributed by atoms with Gasteiger partial charge in [0, 0.05) is 18.2 Å². The molecule has 1 aromatic rings. The molecule has 19 heavy (non-hydrogen) atoms. The highest BCUT2D eigenvalue weighted by molar-refractivity contribution is 8.00. The van der Waals surface area contributed by atoms with Gasteiger partial charge in [-0.05, 0) is 17.5 Å². The predicted molar refractivity (Wildman–Crippen MR) is 76.9 cm³/mol. The first-order chi connectivity index (χ1) is 8.78. The van der Waals surface area contributed by atoms with Crippen LogP contribution in [0.3, 0.4) is 0 Å². The number of esters is 1.